The maximum absolute atomic E-state index is 12.2. The van der Waals surface area contributed by atoms with E-state index in [9.17, 15) is 18.0 Å². The Balaban J connectivity index is 2.16. The Morgan fingerprint density at radius 1 is 1.12 bits per heavy atom. The lowest BCUT2D eigenvalue weighted by atomic mass is 10.1. The van der Waals surface area contributed by atoms with Crippen molar-refractivity contribution in [3.05, 3.63) is 65.2 Å². The molecule has 0 spiro atoms. The molecule has 0 aliphatic heterocycles. The molecular weight excluding hydrogens is 356 g/mol. The van der Waals surface area contributed by atoms with Gasteiger partial charge in [0.15, 0.2) is 0 Å². The Labute approximate surface area is 151 Å². The molecule has 0 fully saturated rings. The molecule has 26 heavy (non-hydrogen) atoms. The first kappa shape index (κ1) is 19.2. The van der Waals surface area contributed by atoms with Gasteiger partial charge in [-0.3, -0.25) is 9.59 Å². The zero-order valence-corrected chi connectivity index (χ0v) is 15.0. The number of carbonyl (C=O) groups is 2. The highest BCUT2D eigenvalue weighted by atomic mass is 32.2. The molecule has 2 rings (SSSR count). The van der Waals surface area contributed by atoms with Gasteiger partial charge in [-0.25, -0.2) is 13.1 Å². The molecule has 7 nitrogen and oxygen atoms in total. The van der Waals surface area contributed by atoms with Gasteiger partial charge in [0.25, 0.3) is 15.9 Å². The van der Waals surface area contributed by atoms with Gasteiger partial charge in [0.1, 0.15) is 5.75 Å². The molecule has 0 atom stereocenters. The Morgan fingerprint density at radius 2 is 1.77 bits per heavy atom. The van der Waals surface area contributed by atoms with Gasteiger partial charge in [-0.05, 0) is 49.4 Å². The van der Waals surface area contributed by atoms with Crippen molar-refractivity contribution in [1.29, 1.82) is 0 Å². The standard InChI is InChI=1S/C18H18N2O5S/c1-12-3-9-16(25-2)14(11-12)6-10-17(21)20-26(23,24)15-7-4-13(5-8-15)18(19)22/h3-11H,1-2H3,(H2,19,22)(H,20,21)/b10-6+. The number of methoxy groups -OCH3 is 1. The number of hydrogen-bond donors (Lipinski definition) is 2. The van der Waals surface area contributed by atoms with Crippen LogP contribution in [-0.2, 0) is 14.8 Å². The first-order chi connectivity index (χ1) is 12.2. The van der Waals surface area contributed by atoms with E-state index >= 15 is 0 Å². The number of ether oxygens (including phenoxy) is 1. The average molecular weight is 374 g/mol. The van der Waals surface area contributed by atoms with E-state index in [0.717, 1.165) is 11.6 Å². The molecule has 0 radical (unpaired) electrons. The second-order valence-corrected chi connectivity index (χ2v) is 7.12. The quantitative estimate of drug-likeness (QED) is 0.746. The second-order valence-electron chi connectivity index (χ2n) is 5.44. The number of primary amides is 1. The van der Waals surface area contributed by atoms with Gasteiger partial charge in [0.05, 0.1) is 12.0 Å². The Bertz CT molecular complexity index is 964. The maximum atomic E-state index is 12.2. The van der Waals surface area contributed by atoms with Gasteiger partial charge >= 0.3 is 0 Å². The summed E-state index contributed by atoms with van der Waals surface area (Å²) >= 11 is 0. The van der Waals surface area contributed by atoms with Crippen LogP contribution in [0.15, 0.2) is 53.4 Å². The van der Waals surface area contributed by atoms with Crippen LogP contribution in [0.25, 0.3) is 6.08 Å². The van der Waals surface area contributed by atoms with E-state index in [0.29, 0.717) is 11.3 Å². The number of carbonyl (C=O) groups excluding carboxylic acids is 2. The van der Waals surface area contributed by atoms with Crippen LogP contribution in [0.2, 0.25) is 0 Å². The maximum Gasteiger partial charge on any atom is 0.264 e. The van der Waals surface area contributed by atoms with Crippen LogP contribution in [0.1, 0.15) is 21.5 Å². The van der Waals surface area contributed by atoms with Crippen molar-refractivity contribution < 1.29 is 22.7 Å². The van der Waals surface area contributed by atoms with Crippen LogP contribution < -0.4 is 15.2 Å². The lowest BCUT2D eigenvalue weighted by Crippen LogP contribution is -2.29. The van der Waals surface area contributed by atoms with Crippen LogP contribution in [0.4, 0.5) is 0 Å². The van der Waals surface area contributed by atoms with Crippen molar-refractivity contribution in [2.75, 3.05) is 7.11 Å². The highest BCUT2D eigenvalue weighted by Crippen LogP contribution is 2.21. The Morgan fingerprint density at radius 3 is 2.35 bits per heavy atom. The Kier molecular flexibility index (Phi) is 5.78. The van der Waals surface area contributed by atoms with Gasteiger partial charge in [-0.1, -0.05) is 11.6 Å². The van der Waals surface area contributed by atoms with E-state index in [-0.39, 0.29) is 10.5 Å². The molecule has 0 saturated heterocycles. The third kappa shape index (κ3) is 4.70. The summed E-state index contributed by atoms with van der Waals surface area (Å²) in [6, 6.07) is 10.4. The molecule has 136 valence electrons. The minimum atomic E-state index is -4.06. The molecule has 0 aliphatic carbocycles. The van der Waals surface area contributed by atoms with Gasteiger partial charge in [0, 0.05) is 17.2 Å². The first-order valence-corrected chi connectivity index (χ1v) is 9.00. The highest BCUT2D eigenvalue weighted by Gasteiger charge is 2.16. The average Bonchev–Trinajstić information content (AvgIpc) is 2.59. The predicted octanol–water partition coefficient (Wildman–Crippen LogP) is 1.62. The van der Waals surface area contributed by atoms with Gasteiger partial charge in [0.2, 0.25) is 5.91 Å². The predicted molar refractivity (Wildman–Crippen MR) is 97.1 cm³/mol. The van der Waals surface area contributed by atoms with E-state index in [1.54, 1.807) is 12.1 Å². The minimum absolute atomic E-state index is 0.155. The lowest BCUT2D eigenvalue weighted by molar-refractivity contribution is -0.114. The first-order valence-electron chi connectivity index (χ1n) is 7.52. The molecule has 8 heteroatoms. The summed E-state index contributed by atoms with van der Waals surface area (Å²) in [5.74, 6) is -0.926. The molecule has 2 amide bonds. The van der Waals surface area contributed by atoms with Crippen molar-refractivity contribution in [2.24, 2.45) is 5.73 Å². The number of sulfonamides is 1. The number of benzene rings is 2. The minimum Gasteiger partial charge on any atom is -0.496 e. The summed E-state index contributed by atoms with van der Waals surface area (Å²) in [4.78, 5) is 22.8. The molecule has 0 aliphatic rings. The molecule has 0 saturated carbocycles. The van der Waals surface area contributed by atoms with Gasteiger partial charge < -0.3 is 10.5 Å². The topological polar surface area (TPSA) is 116 Å². The van der Waals surface area contributed by atoms with Crippen molar-refractivity contribution in [3.8, 4) is 5.75 Å². The molecule has 2 aromatic rings. The summed E-state index contributed by atoms with van der Waals surface area (Å²) in [6.45, 7) is 1.89. The fourth-order valence-corrected chi connectivity index (χ4v) is 3.12. The molecule has 3 N–H and O–H groups in total. The van der Waals surface area contributed by atoms with E-state index < -0.39 is 21.8 Å². The van der Waals surface area contributed by atoms with Crippen LogP contribution >= 0.6 is 0 Å². The summed E-state index contributed by atoms with van der Waals surface area (Å²) in [6.07, 6.45) is 2.57. The summed E-state index contributed by atoms with van der Waals surface area (Å²) in [5.41, 5.74) is 6.88. The molecule has 0 heterocycles. The van der Waals surface area contributed by atoms with E-state index in [4.69, 9.17) is 10.5 Å². The number of nitrogens with one attached hydrogen (secondary N) is 1. The molecule has 0 aromatic heterocycles. The molecule has 0 unspecified atom stereocenters. The van der Waals surface area contributed by atoms with Crippen LogP contribution in [0.5, 0.6) is 5.75 Å². The van der Waals surface area contributed by atoms with Gasteiger partial charge in [-0.2, -0.15) is 0 Å². The van der Waals surface area contributed by atoms with E-state index in [1.807, 2.05) is 17.7 Å². The SMILES string of the molecule is COc1ccc(C)cc1/C=C/C(=O)NS(=O)(=O)c1ccc(C(N)=O)cc1. The fourth-order valence-electron chi connectivity index (χ4n) is 2.17. The molecule has 0 bridgehead atoms. The number of hydrogen-bond acceptors (Lipinski definition) is 5. The lowest BCUT2D eigenvalue weighted by Gasteiger charge is -2.07. The van der Waals surface area contributed by atoms with E-state index in [1.165, 1.54) is 37.5 Å². The number of amides is 2. The zero-order chi connectivity index (χ0) is 19.3. The Hall–Kier alpha value is -3.13. The molecular formula is C18H18N2O5S. The van der Waals surface area contributed by atoms with Crippen molar-refractivity contribution in [3.63, 3.8) is 0 Å². The normalized spacial score (nSPS) is 11.3. The van der Waals surface area contributed by atoms with Crippen LogP contribution in [0.3, 0.4) is 0 Å². The van der Waals surface area contributed by atoms with Crippen molar-refractivity contribution in [1.82, 2.24) is 4.72 Å². The van der Waals surface area contributed by atoms with Crippen LogP contribution in [-0.4, -0.2) is 27.3 Å². The van der Waals surface area contributed by atoms with Gasteiger partial charge in [-0.15, -0.1) is 0 Å². The summed E-state index contributed by atoms with van der Waals surface area (Å²) in [7, 11) is -2.56. The van der Waals surface area contributed by atoms with Crippen molar-refractivity contribution in [2.45, 2.75) is 11.8 Å². The monoisotopic (exact) mass is 374 g/mol. The highest BCUT2D eigenvalue weighted by molar-refractivity contribution is 7.90. The number of rotatable bonds is 6. The van der Waals surface area contributed by atoms with Crippen molar-refractivity contribution >= 4 is 27.9 Å². The fraction of sp³-hybridized carbons (Fsp3) is 0.111. The smallest absolute Gasteiger partial charge is 0.264 e. The number of nitrogens with two attached hydrogens (primary N) is 1. The third-order valence-corrected chi connectivity index (χ3v) is 4.85. The third-order valence-electron chi connectivity index (χ3n) is 3.48. The largest absolute Gasteiger partial charge is 0.496 e. The van der Waals surface area contributed by atoms with E-state index in [2.05, 4.69) is 0 Å². The summed E-state index contributed by atoms with van der Waals surface area (Å²) in [5, 5.41) is 0. The number of aryl methyl sites for hydroxylation is 1. The molecule has 2 aromatic carbocycles. The zero-order valence-electron chi connectivity index (χ0n) is 14.2. The summed E-state index contributed by atoms with van der Waals surface area (Å²) < 4.78 is 31.5. The second kappa shape index (κ2) is 7.83. The van der Waals surface area contributed by atoms with Crippen LogP contribution in [0, 0.1) is 6.92 Å².